The van der Waals surface area contributed by atoms with E-state index in [2.05, 4.69) is 30.0 Å². The van der Waals surface area contributed by atoms with Crippen molar-refractivity contribution in [3.63, 3.8) is 0 Å². The number of anilines is 1. The average molecular weight is 217 g/mol. The van der Waals surface area contributed by atoms with Gasteiger partial charge in [-0.05, 0) is 31.4 Å². The number of aryl methyl sites for hydroxylation is 1. The second-order valence-electron chi connectivity index (χ2n) is 4.60. The molecule has 0 spiro atoms. The largest absolute Gasteiger partial charge is 0.349 e. The van der Waals surface area contributed by atoms with E-state index in [4.69, 9.17) is 5.41 Å². The molecule has 1 heterocycles. The van der Waals surface area contributed by atoms with Crippen LogP contribution in [0.25, 0.3) is 0 Å². The summed E-state index contributed by atoms with van der Waals surface area (Å²) in [5.74, 6) is 0.569. The van der Waals surface area contributed by atoms with Crippen molar-refractivity contribution in [3.05, 3.63) is 29.8 Å². The lowest BCUT2D eigenvalue weighted by atomic mass is 9.97. The summed E-state index contributed by atoms with van der Waals surface area (Å²) in [5, 5.41) is 8.15. The molecule has 1 atom stereocenters. The number of para-hydroxylation sites is 1. The van der Waals surface area contributed by atoms with E-state index in [1.165, 1.54) is 11.3 Å². The Kier molecular flexibility index (Phi) is 2.86. The molecule has 0 aliphatic carbocycles. The first-order valence-electron chi connectivity index (χ1n) is 5.74. The van der Waals surface area contributed by atoms with Crippen LogP contribution in [0.4, 0.5) is 5.69 Å². The highest BCUT2D eigenvalue weighted by Crippen LogP contribution is 2.30. The molecule has 16 heavy (non-hydrogen) atoms. The summed E-state index contributed by atoms with van der Waals surface area (Å²) < 4.78 is 0. The SMILES string of the molecule is C[C@@H]1CCc2ccccc2N1C(=N)N(C)C. The number of fused-ring (bicyclic) bond motifs is 1. The van der Waals surface area contributed by atoms with Crippen LogP contribution in [0.5, 0.6) is 0 Å². The van der Waals surface area contributed by atoms with Crippen LogP contribution in [-0.4, -0.2) is 31.0 Å². The molecule has 0 saturated heterocycles. The van der Waals surface area contributed by atoms with Crippen LogP contribution in [0, 0.1) is 5.41 Å². The zero-order valence-electron chi connectivity index (χ0n) is 10.2. The van der Waals surface area contributed by atoms with Gasteiger partial charge in [-0.25, -0.2) is 0 Å². The summed E-state index contributed by atoms with van der Waals surface area (Å²) in [6, 6.07) is 8.81. The molecule has 86 valence electrons. The van der Waals surface area contributed by atoms with Gasteiger partial charge in [0.1, 0.15) is 0 Å². The molecule has 1 aromatic carbocycles. The topological polar surface area (TPSA) is 30.3 Å². The summed E-state index contributed by atoms with van der Waals surface area (Å²) in [6.07, 6.45) is 2.24. The number of hydrogen-bond donors (Lipinski definition) is 1. The number of nitrogens with zero attached hydrogens (tertiary/aromatic N) is 2. The van der Waals surface area contributed by atoms with Gasteiger partial charge in [-0.2, -0.15) is 0 Å². The predicted octanol–water partition coefficient (Wildman–Crippen LogP) is 2.32. The average Bonchev–Trinajstić information content (AvgIpc) is 2.28. The fourth-order valence-corrected chi connectivity index (χ4v) is 2.23. The molecule has 0 saturated carbocycles. The lowest BCUT2D eigenvalue weighted by Crippen LogP contribution is -2.47. The van der Waals surface area contributed by atoms with Crippen molar-refractivity contribution in [2.24, 2.45) is 0 Å². The Morgan fingerprint density at radius 1 is 1.38 bits per heavy atom. The molecule has 2 rings (SSSR count). The fourth-order valence-electron chi connectivity index (χ4n) is 2.23. The van der Waals surface area contributed by atoms with Gasteiger partial charge in [-0.3, -0.25) is 5.41 Å². The highest BCUT2D eigenvalue weighted by Gasteiger charge is 2.26. The predicted molar refractivity (Wildman–Crippen MR) is 68.1 cm³/mol. The molecule has 0 bridgehead atoms. The van der Waals surface area contributed by atoms with E-state index in [9.17, 15) is 0 Å². The Bertz CT molecular complexity index is 398. The van der Waals surface area contributed by atoms with Crippen molar-refractivity contribution in [2.45, 2.75) is 25.8 Å². The van der Waals surface area contributed by atoms with Crippen LogP contribution in [0.15, 0.2) is 24.3 Å². The molecular weight excluding hydrogens is 198 g/mol. The van der Waals surface area contributed by atoms with Gasteiger partial charge in [0, 0.05) is 25.8 Å². The third-order valence-electron chi connectivity index (χ3n) is 3.18. The molecule has 1 aliphatic rings. The lowest BCUT2D eigenvalue weighted by Gasteiger charge is -2.38. The van der Waals surface area contributed by atoms with Crippen molar-refractivity contribution in [1.82, 2.24) is 4.90 Å². The first kappa shape index (κ1) is 11.0. The van der Waals surface area contributed by atoms with Gasteiger partial charge < -0.3 is 9.80 Å². The minimum absolute atomic E-state index is 0.407. The second kappa shape index (κ2) is 4.16. The number of guanidine groups is 1. The highest BCUT2D eigenvalue weighted by atomic mass is 15.4. The van der Waals surface area contributed by atoms with Crippen LogP contribution in [0.1, 0.15) is 18.9 Å². The lowest BCUT2D eigenvalue weighted by molar-refractivity contribution is 0.551. The molecule has 3 heteroatoms. The smallest absolute Gasteiger partial charge is 0.198 e. The molecule has 0 amide bonds. The van der Waals surface area contributed by atoms with Crippen LogP contribution in [0.3, 0.4) is 0 Å². The van der Waals surface area contributed by atoms with Crippen LogP contribution >= 0.6 is 0 Å². The first-order valence-corrected chi connectivity index (χ1v) is 5.74. The van der Waals surface area contributed by atoms with Crippen molar-refractivity contribution in [2.75, 3.05) is 19.0 Å². The third kappa shape index (κ3) is 1.77. The molecule has 1 N–H and O–H groups in total. The Morgan fingerprint density at radius 2 is 2.06 bits per heavy atom. The van der Waals surface area contributed by atoms with Crippen molar-refractivity contribution >= 4 is 11.6 Å². The molecule has 1 aliphatic heterocycles. The highest BCUT2D eigenvalue weighted by molar-refractivity contribution is 5.95. The molecule has 1 aromatic rings. The van der Waals surface area contributed by atoms with Gasteiger partial charge in [0.25, 0.3) is 0 Å². The summed E-state index contributed by atoms with van der Waals surface area (Å²) >= 11 is 0. The second-order valence-corrected chi connectivity index (χ2v) is 4.60. The maximum Gasteiger partial charge on any atom is 0.198 e. The number of hydrogen-bond acceptors (Lipinski definition) is 1. The van der Waals surface area contributed by atoms with Gasteiger partial charge in [0.05, 0.1) is 0 Å². The van der Waals surface area contributed by atoms with Gasteiger partial charge >= 0.3 is 0 Å². The van der Waals surface area contributed by atoms with Crippen molar-refractivity contribution in [1.29, 1.82) is 5.41 Å². The first-order chi connectivity index (χ1) is 7.61. The van der Waals surface area contributed by atoms with Gasteiger partial charge in [-0.15, -0.1) is 0 Å². The monoisotopic (exact) mass is 217 g/mol. The summed E-state index contributed by atoms with van der Waals surface area (Å²) in [7, 11) is 3.85. The Morgan fingerprint density at radius 3 is 2.75 bits per heavy atom. The molecule has 3 nitrogen and oxygen atoms in total. The van der Waals surface area contributed by atoms with E-state index in [1.54, 1.807) is 0 Å². The fraction of sp³-hybridized carbons (Fsp3) is 0.462. The zero-order valence-corrected chi connectivity index (χ0v) is 10.2. The van der Waals surface area contributed by atoms with Gasteiger partial charge in [0.15, 0.2) is 5.96 Å². The number of benzene rings is 1. The summed E-state index contributed by atoms with van der Waals surface area (Å²) in [6.45, 7) is 2.19. The maximum atomic E-state index is 8.15. The Labute approximate surface area is 97.2 Å². The molecular formula is C13H19N3. The minimum Gasteiger partial charge on any atom is -0.349 e. The van der Waals surface area contributed by atoms with E-state index in [0.717, 1.165) is 12.8 Å². The van der Waals surface area contributed by atoms with E-state index in [-0.39, 0.29) is 0 Å². The quantitative estimate of drug-likeness (QED) is 0.534. The van der Waals surface area contributed by atoms with Gasteiger partial charge in [0.2, 0.25) is 0 Å². The molecule has 0 aromatic heterocycles. The molecule has 0 unspecified atom stereocenters. The van der Waals surface area contributed by atoms with E-state index in [1.807, 2.05) is 25.1 Å². The molecule has 0 radical (unpaired) electrons. The van der Waals surface area contributed by atoms with Crippen molar-refractivity contribution < 1.29 is 0 Å². The standard InChI is InChI=1S/C13H19N3/c1-10-8-9-11-6-4-5-7-12(11)16(10)13(14)15(2)3/h4-7,10,14H,8-9H2,1-3H3/t10-/m1/s1. The third-order valence-corrected chi connectivity index (χ3v) is 3.18. The number of nitrogens with one attached hydrogen (secondary N) is 1. The van der Waals surface area contributed by atoms with Crippen molar-refractivity contribution in [3.8, 4) is 0 Å². The van der Waals surface area contributed by atoms with E-state index in [0.29, 0.717) is 12.0 Å². The Hall–Kier alpha value is -1.51. The molecule has 0 fully saturated rings. The van der Waals surface area contributed by atoms with E-state index >= 15 is 0 Å². The summed E-state index contributed by atoms with van der Waals surface area (Å²) in [4.78, 5) is 3.98. The van der Waals surface area contributed by atoms with E-state index < -0.39 is 0 Å². The van der Waals surface area contributed by atoms with Crippen LogP contribution in [-0.2, 0) is 6.42 Å². The number of rotatable bonds is 0. The normalized spacial score (nSPS) is 19.2. The van der Waals surface area contributed by atoms with Gasteiger partial charge in [-0.1, -0.05) is 18.2 Å². The van der Waals surface area contributed by atoms with Crippen LogP contribution in [0.2, 0.25) is 0 Å². The Balaban J connectivity index is 2.40. The summed E-state index contributed by atoms with van der Waals surface area (Å²) in [5.41, 5.74) is 2.55. The van der Waals surface area contributed by atoms with Crippen LogP contribution < -0.4 is 4.90 Å². The minimum atomic E-state index is 0.407. The maximum absolute atomic E-state index is 8.15. The zero-order chi connectivity index (χ0) is 11.7.